The number of hydrogen-bond acceptors (Lipinski definition) is 2. The molecule has 0 unspecified atom stereocenters. The normalized spacial score (nSPS) is 15.4. The smallest absolute Gasteiger partial charge is 0.272 e. The number of rotatable bonds is 5. The second kappa shape index (κ2) is 5.03. The summed E-state index contributed by atoms with van der Waals surface area (Å²) >= 11 is 3.21. The third kappa shape index (κ3) is 3.02. The Morgan fingerprint density at radius 2 is 2.16 bits per heavy atom. The molecule has 2 aromatic rings. The maximum atomic E-state index is 12.5. The van der Waals surface area contributed by atoms with Crippen molar-refractivity contribution >= 4 is 15.9 Å². The van der Waals surface area contributed by atoms with E-state index in [1.54, 1.807) is 6.20 Å². The van der Waals surface area contributed by atoms with Crippen molar-refractivity contribution in [2.75, 3.05) is 0 Å². The highest BCUT2D eigenvalue weighted by Crippen LogP contribution is 2.30. The highest BCUT2D eigenvalue weighted by molar-refractivity contribution is 9.10. The molecule has 3 rings (SSSR count). The summed E-state index contributed by atoms with van der Waals surface area (Å²) in [6.07, 6.45) is 8.24. The fraction of sp³-hybridized carbons (Fsp3) is 0.500. The van der Waals surface area contributed by atoms with Gasteiger partial charge in [-0.05, 0) is 40.3 Å². The summed E-state index contributed by atoms with van der Waals surface area (Å²) in [4.78, 5) is 0. The standard InChI is InChI=1S/C12H13BrF2N4/c13-11-10(7-19(17-11)12(14)15)3-9-4-16-18(6-9)5-8-1-2-8/h4,6-8,12H,1-3,5H2. The van der Waals surface area contributed by atoms with E-state index in [0.717, 1.165) is 23.6 Å². The summed E-state index contributed by atoms with van der Waals surface area (Å²) in [5.41, 5.74) is 1.75. The van der Waals surface area contributed by atoms with Gasteiger partial charge in [-0.15, -0.1) is 0 Å². The molecule has 2 aromatic heterocycles. The quantitative estimate of drug-likeness (QED) is 0.843. The number of aromatic nitrogens is 4. The van der Waals surface area contributed by atoms with Crippen molar-refractivity contribution in [3.05, 3.63) is 34.3 Å². The largest absolute Gasteiger partial charge is 0.333 e. The van der Waals surface area contributed by atoms with Gasteiger partial charge >= 0.3 is 6.55 Å². The Labute approximate surface area is 117 Å². The number of alkyl halides is 2. The lowest BCUT2D eigenvalue weighted by Crippen LogP contribution is -1.99. The van der Waals surface area contributed by atoms with Crippen molar-refractivity contribution in [1.82, 2.24) is 19.6 Å². The van der Waals surface area contributed by atoms with Crippen LogP contribution in [0.25, 0.3) is 0 Å². The van der Waals surface area contributed by atoms with E-state index in [9.17, 15) is 8.78 Å². The Balaban J connectivity index is 1.71. The summed E-state index contributed by atoms with van der Waals surface area (Å²) in [5, 5.41) is 8.02. The molecule has 1 aliphatic rings. The molecule has 1 aliphatic carbocycles. The molecular weight excluding hydrogens is 318 g/mol. The van der Waals surface area contributed by atoms with Crippen molar-refractivity contribution in [2.45, 2.75) is 32.4 Å². The van der Waals surface area contributed by atoms with Gasteiger partial charge in [-0.3, -0.25) is 4.68 Å². The van der Waals surface area contributed by atoms with Crippen LogP contribution in [-0.4, -0.2) is 19.6 Å². The van der Waals surface area contributed by atoms with Gasteiger partial charge in [0.25, 0.3) is 0 Å². The molecule has 0 radical (unpaired) electrons. The summed E-state index contributed by atoms with van der Waals surface area (Å²) < 4.78 is 28.1. The minimum absolute atomic E-state index is 0.461. The Bertz CT molecular complexity index is 574. The first-order valence-electron chi connectivity index (χ1n) is 6.15. The predicted molar refractivity (Wildman–Crippen MR) is 68.9 cm³/mol. The van der Waals surface area contributed by atoms with Crippen LogP contribution in [-0.2, 0) is 13.0 Å². The first-order valence-corrected chi connectivity index (χ1v) is 6.94. The zero-order valence-electron chi connectivity index (χ0n) is 10.1. The third-order valence-corrected chi connectivity index (χ3v) is 3.85. The molecule has 0 bridgehead atoms. The van der Waals surface area contributed by atoms with E-state index >= 15 is 0 Å². The van der Waals surface area contributed by atoms with Gasteiger partial charge in [-0.1, -0.05) is 0 Å². The lowest BCUT2D eigenvalue weighted by molar-refractivity contribution is 0.0562. The molecule has 19 heavy (non-hydrogen) atoms. The van der Waals surface area contributed by atoms with Gasteiger partial charge in [0, 0.05) is 30.9 Å². The maximum absolute atomic E-state index is 12.5. The zero-order chi connectivity index (χ0) is 13.4. The minimum Gasteiger partial charge on any atom is -0.272 e. The fourth-order valence-electron chi connectivity index (χ4n) is 2.01. The molecule has 0 spiro atoms. The van der Waals surface area contributed by atoms with E-state index in [2.05, 4.69) is 26.1 Å². The van der Waals surface area contributed by atoms with Crippen LogP contribution in [0.3, 0.4) is 0 Å². The van der Waals surface area contributed by atoms with Gasteiger partial charge in [-0.2, -0.15) is 19.0 Å². The van der Waals surface area contributed by atoms with Gasteiger partial charge in [0.2, 0.25) is 0 Å². The SMILES string of the molecule is FC(F)n1cc(Cc2cnn(CC3CC3)c2)c(Br)n1. The van der Waals surface area contributed by atoms with Crippen molar-refractivity contribution in [2.24, 2.45) is 5.92 Å². The molecule has 7 heteroatoms. The third-order valence-electron chi connectivity index (χ3n) is 3.18. The van der Waals surface area contributed by atoms with E-state index in [-0.39, 0.29) is 0 Å². The Hall–Kier alpha value is -1.24. The highest BCUT2D eigenvalue weighted by atomic mass is 79.9. The molecule has 0 aromatic carbocycles. The first-order chi connectivity index (χ1) is 9.11. The highest BCUT2D eigenvalue weighted by Gasteiger charge is 2.22. The van der Waals surface area contributed by atoms with Crippen molar-refractivity contribution in [1.29, 1.82) is 0 Å². The second-order valence-electron chi connectivity index (χ2n) is 4.89. The summed E-state index contributed by atoms with van der Waals surface area (Å²) in [5.74, 6) is 0.765. The van der Waals surface area contributed by atoms with E-state index in [1.165, 1.54) is 19.0 Å². The number of halogens is 3. The monoisotopic (exact) mass is 330 g/mol. The molecule has 1 fully saturated rings. The molecule has 1 saturated carbocycles. The molecule has 0 amide bonds. The molecule has 0 aliphatic heterocycles. The topological polar surface area (TPSA) is 35.6 Å². The minimum atomic E-state index is -2.61. The second-order valence-corrected chi connectivity index (χ2v) is 5.64. The molecule has 0 saturated heterocycles. The van der Waals surface area contributed by atoms with Gasteiger partial charge in [0.1, 0.15) is 4.60 Å². The fourth-order valence-corrected chi connectivity index (χ4v) is 2.43. The van der Waals surface area contributed by atoms with Gasteiger partial charge in [0.05, 0.1) is 6.20 Å². The van der Waals surface area contributed by atoms with Crippen LogP contribution in [0.5, 0.6) is 0 Å². The maximum Gasteiger partial charge on any atom is 0.333 e. The van der Waals surface area contributed by atoms with E-state index in [1.807, 2.05) is 10.9 Å². The molecule has 102 valence electrons. The molecule has 4 nitrogen and oxygen atoms in total. The lowest BCUT2D eigenvalue weighted by Gasteiger charge is -1.97. The lowest BCUT2D eigenvalue weighted by atomic mass is 10.2. The van der Waals surface area contributed by atoms with E-state index < -0.39 is 6.55 Å². The average Bonchev–Trinajstić information content (AvgIpc) is 2.93. The Morgan fingerprint density at radius 1 is 1.37 bits per heavy atom. The van der Waals surface area contributed by atoms with Crippen molar-refractivity contribution in [3.63, 3.8) is 0 Å². The average molecular weight is 331 g/mol. The molecule has 0 atom stereocenters. The van der Waals surface area contributed by atoms with Crippen molar-refractivity contribution in [3.8, 4) is 0 Å². The van der Waals surface area contributed by atoms with E-state index in [4.69, 9.17) is 0 Å². The van der Waals surface area contributed by atoms with Gasteiger partial charge in [-0.25, -0.2) is 4.68 Å². The van der Waals surface area contributed by atoms with Gasteiger partial charge in [0.15, 0.2) is 0 Å². The van der Waals surface area contributed by atoms with Gasteiger partial charge < -0.3 is 0 Å². The van der Waals surface area contributed by atoms with Crippen LogP contribution >= 0.6 is 15.9 Å². The van der Waals surface area contributed by atoms with Crippen molar-refractivity contribution < 1.29 is 8.78 Å². The molecular formula is C12H13BrF2N4. The number of nitrogens with zero attached hydrogens (tertiary/aromatic N) is 4. The summed E-state index contributed by atoms with van der Waals surface area (Å²) in [6.45, 7) is -1.65. The zero-order valence-corrected chi connectivity index (χ0v) is 11.7. The summed E-state index contributed by atoms with van der Waals surface area (Å²) in [6, 6.07) is 0. The van der Waals surface area contributed by atoms with E-state index in [0.29, 0.717) is 15.7 Å². The number of hydrogen-bond donors (Lipinski definition) is 0. The molecule has 2 heterocycles. The Kier molecular flexibility index (Phi) is 3.38. The first kappa shape index (κ1) is 12.8. The van der Waals surface area contributed by atoms with Crippen LogP contribution < -0.4 is 0 Å². The summed E-state index contributed by atoms with van der Waals surface area (Å²) in [7, 11) is 0. The van der Waals surface area contributed by atoms with Crippen LogP contribution in [0.2, 0.25) is 0 Å². The Morgan fingerprint density at radius 3 is 2.79 bits per heavy atom. The molecule has 0 N–H and O–H groups in total. The van der Waals surface area contributed by atoms with Crippen LogP contribution in [0.1, 0.15) is 30.5 Å². The van der Waals surface area contributed by atoms with Crippen LogP contribution in [0.4, 0.5) is 8.78 Å². The predicted octanol–water partition coefficient (Wildman–Crippen LogP) is 3.24. The van der Waals surface area contributed by atoms with Crippen LogP contribution in [0, 0.1) is 5.92 Å². The van der Waals surface area contributed by atoms with Crippen LogP contribution in [0.15, 0.2) is 23.2 Å².